The molecule has 4 heteroatoms. The second kappa shape index (κ2) is 4.64. The van der Waals surface area contributed by atoms with Gasteiger partial charge in [0.2, 0.25) is 0 Å². The Labute approximate surface area is 87.9 Å². The zero-order valence-corrected chi connectivity index (χ0v) is 8.82. The molecule has 0 saturated heterocycles. The highest BCUT2D eigenvalue weighted by molar-refractivity contribution is 6.32. The summed E-state index contributed by atoms with van der Waals surface area (Å²) in [6.07, 6.45) is -1.74. The lowest BCUT2D eigenvalue weighted by Crippen LogP contribution is -2.13. The highest BCUT2D eigenvalue weighted by Gasteiger charge is 2.14. The average Bonchev–Trinajstić information content (AvgIpc) is 2.16. The van der Waals surface area contributed by atoms with Crippen molar-refractivity contribution in [3.05, 3.63) is 28.8 Å². The van der Waals surface area contributed by atoms with Crippen LogP contribution in [0.15, 0.2) is 18.2 Å². The molecule has 0 saturated carbocycles. The van der Waals surface area contributed by atoms with E-state index in [1.54, 1.807) is 18.2 Å². The Morgan fingerprint density at radius 2 is 2.00 bits per heavy atom. The summed E-state index contributed by atoms with van der Waals surface area (Å²) in [5, 5.41) is 19.1. The van der Waals surface area contributed by atoms with Crippen LogP contribution in [0.4, 0.5) is 0 Å². The zero-order chi connectivity index (χ0) is 10.7. The second-order valence-corrected chi connectivity index (χ2v) is 3.49. The van der Waals surface area contributed by atoms with Crippen molar-refractivity contribution >= 4 is 11.6 Å². The fourth-order valence-corrected chi connectivity index (χ4v) is 1.41. The van der Waals surface area contributed by atoms with Crippen LogP contribution in [0.3, 0.4) is 0 Å². The van der Waals surface area contributed by atoms with Crippen LogP contribution in [-0.2, 0) is 0 Å². The van der Waals surface area contributed by atoms with Crippen LogP contribution in [0.2, 0.25) is 5.02 Å². The lowest BCUT2D eigenvalue weighted by Gasteiger charge is -2.14. The molecule has 0 spiro atoms. The lowest BCUT2D eigenvalue weighted by atomic mass is 10.1. The van der Waals surface area contributed by atoms with Crippen molar-refractivity contribution in [2.24, 2.45) is 0 Å². The summed E-state index contributed by atoms with van der Waals surface area (Å²) in [7, 11) is 1.52. The highest BCUT2D eigenvalue weighted by Crippen LogP contribution is 2.28. The summed E-state index contributed by atoms with van der Waals surface area (Å²) in [5.74, 6) is 0.549. The SMILES string of the molecule is COc1ccc([C@H](O)[C@@H](C)O)cc1Cl. The highest BCUT2D eigenvalue weighted by atomic mass is 35.5. The molecule has 3 nitrogen and oxygen atoms in total. The van der Waals surface area contributed by atoms with Gasteiger partial charge in [-0.2, -0.15) is 0 Å². The minimum atomic E-state index is -0.918. The minimum absolute atomic E-state index is 0.421. The van der Waals surface area contributed by atoms with E-state index >= 15 is 0 Å². The van der Waals surface area contributed by atoms with Crippen LogP contribution in [0, 0.1) is 0 Å². The summed E-state index contributed by atoms with van der Waals surface area (Å²) in [6, 6.07) is 4.91. The second-order valence-electron chi connectivity index (χ2n) is 3.08. The van der Waals surface area contributed by atoms with Crippen LogP contribution in [0.1, 0.15) is 18.6 Å². The maximum absolute atomic E-state index is 9.54. The van der Waals surface area contributed by atoms with E-state index in [2.05, 4.69) is 0 Å². The number of hydrogen-bond donors (Lipinski definition) is 2. The number of hydrogen-bond acceptors (Lipinski definition) is 3. The predicted octanol–water partition coefficient (Wildman–Crippen LogP) is 1.76. The predicted molar refractivity (Wildman–Crippen MR) is 54.6 cm³/mol. The molecule has 0 radical (unpaired) electrons. The van der Waals surface area contributed by atoms with Crippen LogP contribution in [0.5, 0.6) is 5.75 Å². The Kier molecular flexibility index (Phi) is 3.75. The molecule has 14 heavy (non-hydrogen) atoms. The maximum atomic E-state index is 9.54. The van der Waals surface area contributed by atoms with Crippen molar-refractivity contribution in [2.75, 3.05) is 7.11 Å². The van der Waals surface area contributed by atoms with E-state index in [1.165, 1.54) is 14.0 Å². The van der Waals surface area contributed by atoms with Crippen molar-refractivity contribution in [3.8, 4) is 5.75 Å². The van der Waals surface area contributed by atoms with E-state index in [-0.39, 0.29) is 0 Å². The molecule has 1 aromatic carbocycles. The third-order valence-electron chi connectivity index (χ3n) is 1.97. The van der Waals surface area contributed by atoms with Gasteiger partial charge in [-0.25, -0.2) is 0 Å². The van der Waals surface area contributed by atoms with Crippen LogP contribution in [-0.4, -0.2) is 23.4 Å². The summed E-state index contributed by atoms with van der Waals surface area (Å²) in [4.78, 5) is 0. The maximum Gasteiger partial charge on any atom is 0.137 e. The van der Waals surface area contributed by atoms with E-state index in [0.29, 0.717) is 16.3 Å². The van der Waals surface area contributed by atoms with E-state index in [1.807, 2.05) is 0 Å². The Morgan fingerprint density at radius 1 is 1.36 bits per heavy atom. The van der Waals surface area contributed by atoms with Crippen molar-refractivity contribution in [3.63, 3.8) is 0 Å². The molecule has 78 valence electrons. The molecular formula is C10H13ClO3. The number of benzene rings is 1. The fraction of sp³-hybridized carbons (Fsp3) is 0.400. The molecule has 0 aliphatic heterocycles. The third kappa shape index (κ3) is 2.38. The number of ether oxygens (including phenoxy) is 1. The van der Waals surface area contributed by atoms with Crippen LogP contribution in [0.25, 0.3) is 0 Å². The summed E-state index contributed by atoms with van der Waals surface area (Å²) in [6.45, 7) is 1.52. The molecule has 0 aromatic heterocycles. The van der Waals surface area contributed by atoms with Gasteiger partial charge in [0.1, 0.15) is 11.9 Å². The minimum Gasteiger partial charge on any atom is -0.495 e. The van der Waals surface area contributed by atoms with Crippen LogP contribution < -0.4 is 4.74 Å². The van der Waals surface area contributed by atoms with Gasteiger partial charge in [-0.05, 0) is 24.6 Å². The molecule has 0 fully saturated rings. The molecule has 0 bridgehead atoms. The lowest BCUT2D eigenvalue weighted by molar-refractivity contribution is 0.0305. The smallest absolute Gasteiger partial charge is 0.137 e. The molecule has 2 N–H and O–H groups in total. The fourth-order valence-electron chi connectivity index (χ4n) is 1.15. The van der Waals surface area contributed by atoms with Gasteiger partial charge in [-0.1, -0.05) is 17.7 Å². The molecule has 1 rings (SSSR count). The van der Waals surface area contributed by atoms with E-state index in [4.69, 9.17) is 21.4 Å². The van der Waals surface area contributed by atoms with Gasteiger partial charge in [0, 0.05) is 0 Å². The van der Waals surface area contributed by atoms with Gasteiger partial charge in [0.25, 0.3) is 0 Å². The number of rotatable bonds is 3. The average molecular weight is 217 g/mol. The molecule has 0 amide bonds. The van der Waals surface area contributed by atoms with Gasteiger partial charge in [0.15, 0.2) is 0 Å². The Balaban J connectivity index is 2.96. The normalized spacial score (nSPS) is 14.9. The van der Waals surface area contributed by atoms with Crippen molar-refractivity contribution in [1.29, 1.82) is 0 Å². The molecule has 0 heterocycles. The van der Waals surface area contributed by atoms with Crippen LogP contribution >= 0.6 is 11.6 Å². The Hall–Kier alpha value is -0.770. The van der Waals surface area contributed by atoms with E-state index < -0.39 is 12.2 Å². The molecule has 0 aliphatic rings. The first-order valence-electron chi connectivity index (χ1n) is 4.26. The summed E-state index contributed by atoms with van der Waals surface area (Å²) < 4.78 is 4.96. The van der Waals surface area contributed by atoms with Gasteiger partial charge in [-0.15, -0.1) is 0 Å². The van der Waals surface area contributed by atoms with E-state index in [0.717, 1.165) is 0 Å². The molecule has 0 aliphatic carbocycles. The number of aliphatic hydroxyl groups is 2. The topological polar surface area (TPSA) is 49.7 Å². The Bertz CT molecular complexity index is 312. The zero-order valence-electron chi connectivity index (χ0n) is 8.07. The quantitative estimate of drug-likeness (QED) is 0.810. The number of methoxy groups -OCH3 is 1. The summed E-state index contributed by atoms with van der Waals surface area (Å²) >= 11 is 5.86. The number of halogens is 1. The third-order valence-corrected chi connectivity index (χ3v) is 2.27. The first-order chi connectivity index (χ1) is 6.56. The van der Waals surface area contributed by atoms with Crippen molar-refractivity contribution in [2.45, 2.75) is 19.1 Å². The number of aliphatic hydroxyl groups excluding tert-OH is 2. The van der Waals surface area contributed by atoms with Gasteiger partial charge in [-0.3, -0.25) is 0 Å². The molecule has 2 atom stereocenters. The van der Waals surface area contributed by atoms with Crippen molar-refractivity contribution < 1.29 is 14.9 Å². The standard InChI is InChI=1S/C10H13ClO3/c1-6(12)10(13)7-3-4-9(14-2)8(11)5-7/h3-6,10,12-13H,1-2H3/t6-,10-/m1/s1. The first-order valence-corrected chi connectivity index (χ1v) is 4.63. The molecular weight excluding hydrogens is 204 g/mol. The van der Waals surface area contributed by atoms with Crippen molar-refractivity contribution in [1.82, 2.24) is 0 Å². The monoisotopic (exact) mass is 216 g/mol. The summed E-state index contributed by atoms with van der Waals surface area (Å²) in [5.41, 5.74) is 0.575. The van der Waals surface area contributed by atoms with Gasteiger partial charge in [0.05, 0.1) is 18.2 Å². The first kappa shape index (κ1) is 11.3. The molecule has 0 unspecified atom stereocenters. The largest absolute Gasteiger partial charge is 0.495 e. The van der Waals surface area contributed by atoms with Gasteiger partial charge >= 0.3 is 0 Å². The van der Waals surface area contributed by atoms with Gasteiger partial charge < -0.3 is 14.9 Å². The molecule has 1 aromatic rings. The van der Waals surface area contributed by atoms with E-state index in [9.17, 15) is 5.11 Å². The Morgan fingerprint density at radius 3 is 2.43 bits per heavy atom.